The largest absolute Gasteiger partial charge is 0.264 e. The molecule has 0 saturated carbocycles. The van der Waals surface area contributed by atoms with Gasteiger partial charge in [-0.05, 0) is 43.2 Å². The van der Waals surface area contributed by atoms with Crippen LogP contribution in [0.1, 0.15) is 32.4 Å². The Kier molecular flexibility index (Phi) is 4.76. The van der Waals surface area contributed by atoms with Gasteiger partial charge in [0.05, 0.1) is 0 Å². The zero-order valence-corrected chi connectivity index (χ0v) is 11.2. The fourth-order valence-corrected chi connectivity index (χ4v) is 2.50. The molecule has 0 aromatic carbocycles. The van der Waals surface area contributed by atoms with E-state index < -0.39 is 0 Å². The Balaban J connectivity index is 2.62. The lowest BCUT2D eigenvalue weighted by Crippen LogP contribution is -2.26. The number of nitrogens with one attached hydrogen (secondary N) is 1. The molecule has 0 spiro atoms. The molecule has 0 aliphatic rings. The van der Waals surface area contributed by atoms with Crippen molar-refractivity contribution in [1.82, 2.24) is 4.72 Å². The molecule has 1 aromatic rings. The first-order chi connectivity index (χ1) is 7.38. The zero-order chi connectivity index (χ0) is 12.2. The molecular formula is C10H16N2O2S2. The molecule has 0 saturated heterocycles. The first kappa shape index (κ1) is 13.5. The summed E-state index contributed by atoms with van der Waals surface area (Å²) in [4.78, 5) is 10.3. The van der Waals surface area contributed by atoms with Crippen molar-refractivity contribution in [1.29, 1.82) is 0 Å². The Bertz CT molecular complexity index is 333. The van der Waals surface area contributed by atoms with E-state index >= 15 is 0 Å². The first-order valence-corrected chi connectivity index (χ1v) is 6.72. The summed E-state index contributed by atoms with van der Waals surface area (Å²) in [6, 6.07) is 1.71. The van der Waals surface area contributed by atoms with Gasteiger partial charge >= 0.3 is 0 Å². The third kappa shape index (κ3) is 4.96. The van der Waals surface area contributed by atoms with Crippen molar-refractivity contribution < 1.29 is 4.92 Å². The minimum atomic E-state index is -0.279. The van der Waals surface area contributed by atoms with Gasteiger partial charge < -0.3 is 0 Å². The van der Waals surface area contributed by atoms with Crippen molar-refractivity contribution in [3.63, 3.8) is 0 Å². The van der Waals surface area contributed by atoms with E-state index in [1.54, 1.807) is 11.3 Å². The zero-order valence-electron chi connectivity index (χ0n) is 9.60. The molecule has 0 aliphatic carbocycles. The Morgan fingerprint density at radius 2 is 2.31 bits per heavy atom. The molecule has 1 aromatic heterocycles. The van der Waals surface area contributed by atoms with Gasteiger partial charge in [-0.3, -0.25) is 10.1 Å². The highest BCUT2D eigenvalue weighted by atomic mass is 32.2. The summed E-state index contributed by atoms with van der Waals surface area (Å²) in [6.07, 6.45) is 0. The smallest absolute Gasteiger partial charge is 0.223 e. The highest BCUT2D eigenvalue weighted by Crippen LogP contribution is 2.25. The molecule has 1 heterocycles. The quantitative estimate of drug-likeness (QED) is 0.502. The van der Waals surface area contributed by atoms with Crippen LogP contribution in [0.15, 0.2) is 16.8 Å². The van der Waals surface area contributed by atoms with Gasteiger partial charge in [-0.15, -0.1) is 0 Å². The maximum absolute atomic E-state index is 10.6. The highest BCUT2D eigenvalue weighted by molar-refractivity contribution is 7.98. The summed E-state index contributed by atoms with van der Waals surface area (Å²) < 4.78 is 3.22. The number of nitro groups is 1. The normalized spacial score (nSPS) is 13.7. The van der Waals surface area contributed by atoms with E-state index in [4.69, 9.17) is 0 Å². The van der Waals surface area contributed by atoms with Crippen LogP contribution in [0.3, 0.4) is 0 Å². The lowest BCUT2D eigenvalue weighted by Gasteiger charge is -2.21. The van der Waals surface area contributed by atoms with Crippen LogP contribution in [0.25, 0.3) is 0 Å². The van der Waals surface area contributed by atoms with Gasteiger partial charge in [0.2, 0.25) is 6.54 Å². The second-order valence-corrected chi connectivity index (χ2v) is 6.90. The second kappa shape index (κ2) is 5.65. The molecule has 90 valence electrons. The average molecular weight is 260 g/mol. The first-order valence-electron chi connectivity index (χ1n) is 4.96. The average Bonchev–Trinajstić information content (AvgIpc) is 2.62. The minimum absolute atomic E-state index is 0.0465. The van der Waals surface area contributed by atoms with Gasteiger partial charge in [0, 0.05) is 9.67 Å². The second-order valence-electron chi connectivity index (χ2n) is 4.46. The molecule has 0 radical (unpaired) electrons. The molecule has 0 fully saturated rings. The van der Waals surface area contributed by atoms with Crippen LogP contribution in [0, 0.1) is 10.1 Å². The lowest BCUT2D eigenvalue weighted by molar-refractivity contribution is -0.483. The van der Waals surface area contributed by atoms with Gasteiger partial charge in [-0.2, -0.15) is 11.3 Å². The van der Waals surface area contributed by atoms with Crippen molar-refractivity contribution >= 4 is 23.3 Å². The van der Waals surface area contributed by atoms with Crippen LogP contribution in [0.2, 0.25) is 0 Å². The summed E-state index contributed by atoms with van der Waals surface area (Å²) in [5, 5.41) is 14.5. The number of rotatable bonds is 5. The Hall–Kier alpha value is -0.590. The predicted molar refractivity (Wildman–Crippen MR) is 69.4 cm³/mol. The Morgan fingerprint density at radius 1 is 1.62 bits per heavy atom. The molecule has 0 amide bonds. The summed E-state index contributed by atoms with van der Waals surface area (Å²) in [7, 11) is 0. The fourth-order valence-electron chi connectivity index (χ4n) is 1.08. The van der Waals surface area contributed by atoms with Crippen LogP contribution >= 0.6 is 23.3 Å². The third-order valence-corrected chi connectivity index (χ3v) is 3.50. The van der Waals surface area contributed by atoms with E-state index in [9.17, 15) is 10.1 Å². The van der Waals surface area contributed by atoms with Crippen molar-refractivity contribution in [2.45, 2.75) is 31.6 Å². The number of nitrogens with zero attached hydrogens (tertiary/aromatic N) is 1. The number of hydrogen-bond acceptors (Lipinski definition) is 5. The monoisotopic (exact) mass is 260 g/mol. The van der Waals surface area contributed by atoms with E-state index in [2.05, 4.69) is 25.5 Å². The fraction of sp³-hybridized carbons (Fsp3) is 0.600. The molecule has 1 N–H and O–H groups in total. The van der Waals surface area contributed by atoms with Crippen molar-refractivity contribution in [2.75, 3.05) is 6.54 Å². The molecular weight excluding hydrogens is 244 g/mol. The minimum Gasteiger partial charge on any atom is -0.264 e. The number of thiophene rings is 1. The van der Waals surface area contributed by atoms with Crippen molar-refractivity contribution in [3.8, 4) is 0 Å². The van der Waals surface area contributed by atoms with Gasteiger partial charge in [-0.25, -0.2) is 4.72 Å². The van der Waals surface area contributed by atoms with Crippen LogP contribution < -0.4 is 4.72 Å². The molecule has 0 aliphatic heterocycles. The van der Waals surface area contributed by atoms with E-state index in [0.717, 1.165) is 5.56 Å². The molecule has 0 bridgehead atoms. The Labute approximate surface area is 104 Å². The van der Waals surface area contributed by atoms with E-state index in [-0.39, 0.29) is 22.3 Å². The van der Waals surface area contributed by atoms with Gasteiger partial charge in [-0.1, -0.05) is 11.9 Å². The maximum Gasteiger partial charge on any atom is 0.223 e. The topological polar surface area (TPSA) is 55.2 Å². The van der Waals surface area contributed by atoms with Crippen molar-refractivity contribution in [2.24, 2.45) is 0 Å². The maximum atomic E-state index is 10.6. The standard InChI is InChI=1S/C10H16N2O2S2/c1-10(2,3)16-11-9(6-12(13)14)8-4-5-15-7-8/h4-5,7,9,11H,6H2,1-3H3/t9-/m1/s1. The molecule has 1 rings (SSSR count). The van der Waals surface area contributed by atoms with Crippen molar-refractivity contribution in [3.05, 3.63) is 32.5 Å². The van der Waals surface area contributed by atoms with E-state index in [1.165, 1.54) is 11.9 Å². The summed E-state index contributed by atoms with van der Waals surface area (Å²) in [5.74, 6) is 0. The summed E-state index contributed by atoms with van der Waals surface area (Å²) in [6.45, 7) is 6.13. The summed E-state index contributed by atoms with van der Waals surface area (Å²) >= 11 is 3.09. The number of hydrogen-bond donors (Lipinski definition) is 1. The highest BCUT2D eigenvalue weighted by Gasteiger charge is 2.21. The van der Waals surface area contributed by atoms with Crippen LogP contribution in [0.5, 0.6) is 0 Å². The van der Waals surface area contributed by atoms with Gasteiger partial charge in [0.15, 0.2) is 0 Å². The van der Waals surface area contributed by atoms with Crippen LogP contribution in [-0.4, -0.2) is 16.2 Å². The van der Waals surface area contributed by atoms with Gasteiger partial charge in [0.25, 0.3) is 0 Å². The van der Waals surface area contributed by atoms with E-state index in [1.807, 2.05) is 16.8 Å². The molecule has 16 heavy (non-hydrogen) atoms. The predicted octanol–water partition coefficient (Wildman–Crippen LogP) is 3.10. The summed E-state index contributed by atoms with van der Waals surface area (Å²) in [5.41, 5.74) is 0.985. The molecule has 6 heteroatoms. The van der Waals surface area contributed by atoms with Crippen LogP contribution in [0.4, 0.5) is 0 Å². The Morgan fingerprint density at radius 3 is 2.75 bits per heavy atom. The molecule has 4 nitrogen and oxygen atoms in total. The molecule has 0 unspecified atom stereocenters. The SMILES string of the molecule is CC(C)(C)SN[C@H](C[N+](=O)[O-])c1ccsc1. The molecule has 1 atom stereocenters. The van der Waals surface area contributed by atoms with E-state index in [0.29, 0.717) is 0 Å². The van der Waals surface area contributed by atoms with Crippen LogP contribution in [-0.2, 0) is 0 Å². The third-order valence-electron chi connectivity index (χ3n) is 1.78. The van der Waals surface area contributed by atoms with Gasteiger partial charge in [0.1, 0.15) is 6.04 Å². The lowest BCUT2D eigenvalue weighted by atomic mass is 10.2.